The van der Waals surface area contributed by atoms with Crippen LogP contribution in [0.2, 0.25) is 0 Å². The first-order valence-corrected chi connectivity index (χ1v) is 7.75. The molecule has 0 saturated carbocycles. The molecule has 1 N–H and O–H groups in total. The van der Waals surface area contributed by atoms with Gasteiger partial charge >= 0.3 is 5.97 Å². The number of hydrogen-bond donors (Lipinski definition) is 1. The first kappa shape index (κ1) is 15.4. The summed E-state index contributed by atoms with van der Waals surface area (Å²) in [6, 6.07) is 3.48. The monoisotopic (exact) mass is 334 g/mol. The minimum Gasteiger partial charge on any atom is -0.480 e. The highest BCUT2D eigenvalue weighted by molar-refractivity contribution is 7.17. The van der Waals surface area contributed by atoms with Gasteiger partial charge in [0.2, 0.25) is 0 Å². The Morgan fingerprint density at radius 1 is 1.52 bits per heavy atom. The van der Waals surface area contributed by atoms with Gasteiger partial charge < -0.3 is 14.3 Å². The van der Waals surface area contributed by atoms with Gasteiger partial charge in [-0.1, -0.05) is 0 Å². The van der Waals surface area contributed by atoms with Crippen molar-refractivity contribution in [2.75, 3.05) is 13.7 Å². The van der Waals surface area contributed by atoms with E-state index in [0.717, 1.165) is 0 Å². The largest absolute Gasteiger partial charge is 0.480 e. The topological polar surface area (TPSA) is 94.6 Å². The van der Waals surface area contributed by atoms with Crippen molar-refractivity contribution in [1.82, 2.24) is 9.55 Å². The van der Waals surface area contributed by atoms with Crippen LogP contribution < -0.4 is 5.56 Å². The Bertz CT molecular complexity index is 895. The lowest BCUT2D eigenvalue weighted by molar-refractivity contribution is -0.137. The number of hydrogen-bond acceptors (Lipinski definition) is 6. The van der Waals surface area contributed by atoms with Crippen LogP contribution in [0.15, 0.2) is 33.0 Å². The summed E-state index contributed by atoms with van der Waals surface area (Å²) in [7, 11) is 1.54. The highest BCUT2D eigenvalue weighted by atomic mass is 32.1. The van der Waals surface area contributed by atoms with Crippen molar-refractivity contribution in [3.05, 3.63) is 40.0 Å². The molecule has 0 aromatic carbocycles. The molecule has 8 heteroatoms. The molecule has 0 atom stereocenters. The lowest BCUT2D eigenvalue weighted by Crippen LogP contribution is -2.29. The molecule has 3 aromatic heterocycles. The van der Waals surface area contributed by atoms with Crippen LogP contribution >= 0.6 is 11.3 Å². The van der Waals surface area contributed by atoms with Crippen molar-refractivity contribution in [3.63, 3.8) is 0 Å². The molecule has 0 radical (unpaired) electrons. The van der Waals surface area contributed by atoms with Gasteiger partial charge in [0.25, 0.3) is 5.56 Å². The first-order chi connectivity index (χ1) is 11.1. The number of carboxylic acid groups (broad SMARTS) is 1. The lowest BCUT2D eigenvalue weighted by Gasteiger charge is -2.10. The van der Waals surface area contributed by atoms with E-state index >= 15 is 0 Å². The summed E-state index contributed by atoms with van der Waals surface area (Å²) < 4.78 is 11.5. The molecule has 0 fully saturated rings. The average Bonchev–Trinajstić information content (AvgIpc) is 3.16. The number of thiophene rings is 1. The fourth-order valence-electron chi connectivity index (χ4n) is 2.36. The van der Waals surface area contributed by atoms with Crippen LogP contribution in [0, 0.1) is 0 Å². The highest BCUT2D eigenvalue weighted by Crippen LogP contribution is 2.31. The first-order valence-electron chi connectivity index (χ1n) is 6.87. The Labute approximate surface area is 134 Å². The van der Waals surface area contributed by atoms with Gasteiger partial charge in [0.05, 0.1) is 18.3 Å². The predicted molar refractivity (Wildman–Crippen MR) is 84.8 cm³/mol. The molecule has 0 unspecified atom stereocenters. The van der Waals surface area contributed by atoms with E-state index in [1.165, 1.54) is 22.2 Å². The fraction of sp³-hybridized carbons (Fsp3) is 0.267. The number of rotatable bonds is 6. The van der Waals surface area contributed by atoms with Gasteiger partial charge in [-0.05, 0) is 12.1 Å². The molecule has 0 aliphatic heterocycles. The standard InChI is InChI=1S/C15H14N2O5S/c1-21-6-4-11-16-14-13(15(20)17(11)7-12(18)19)9(8-23-14)10-3-2-5-22-10/h2-3,5,8H,4,6-7H2,1H3,(H,18,19). The lowest BCUT2D eigenvalue weighted by atomic mass is 10.2. The molecule has 0 bridgehead atoms. The van der Waals surface area contributed by atoms with Crippen LogP contribution in [0.1, 0.15) is 5.82 Å². The van der Waals surface area contributed by atoms with Crippen LogP contribution in [0.25, 0.3) is 21.5 Å². The molecule has 3 heterocycles. The number of carbonyl (C=O) groups is 1. The van der Waals surface area contributed by atoms with Gasteiger partial charge in [-0.15, -0.1) is 11.3 Å². The zero-order valence-corrected chi connectivity index (χ0v) is 13.1. The van der Waals surface area contributed by atoms with Crippen molar-refractivity contribution in [1.29, 1.82) is 0 Å². The van der Waals surface area contributed by atoms with Crippen molar-refractivity contribution >= 4 is 27.5 Å². The van der Waals surface area contributed by atoms with Crippen LogP contribution in [-0.2, 0) is 22.5 Å². The fourth-order valence-corrected chi connectivity index (χ4v) is 3.30. The molecule has 0 amide bonds. The van der Waals surface area contributed by atoms with Crippen LogP contribution in [0.3, 0.4) is 0 Å². The summed E-state index contributed by atoms with van der Waals surface area (Å²) in [5.74, 6) is -0.136. The molecule has 23 heavy (non-hydrogen) atoms. The Morgan fingerprint density at radius 2 is 2.35 bits per heavy atom. The maximum atomic E-state index is 12.8. The molecule has 7 nitrogen and oxygen atoms in total. The Hall–Kier alpha value is -2.45. The summed E-state index contributed by atoms with van der Waals surface area (Å²) in [6.45, 7) is -0.0811. The average molecular weight is 334 g/mol. The molecule has 3 aromatic rings. The number of methoxy groups -OCH3 is 1. The van der Waals surface area contributed by atoms with Gasteiger partial charge in [-0.25, -0.2) is 4.98 Å². The zero-order chi connectivity index (χ0) is 16.4. The van der Waals surface area contributed by atoms with E-state index in [0.29, 0.717) is 40.4 Å². The van der Waals surface area contributed by atoms with E-state index in [9.17, 15) is 9.59 Å². The number of aromatic nitrogens is 2. The van der Waals surface area contributed by atoms with Crippen LogP contribution in [0.4, 0.5) is 0 Å². The van der Waals surface area contributed by atoms with Gasteiger partial charge in [-0.3, -0.25) is 14.2 Å². The van der Waals surface area contributed by atoms with E-state index < -0.39 is 12.5 Å². The van der Waals surface area contributed by atoms with Crippen molar-refractivity contribution < 1.29 is 19.1 Å². The van der Waals surface area contributed by atoms with E-state index in [1.54, 1.807) is 24.6 Å². The molecular formula is C15H14N2O5S. The molecule has 0 aliphatic carbocycles. The molecule has 3 rings (SSSR count). The third-order valence-corrected chi connectivity index (χ3v) is 4.25. The van der Waals surface area contributed by atoms with Crippen molar-refractivity contribution in [2.24, 2.45) is 0 Å². The van der Waals surface area contributed by atoms with Crippen LogP contribution in [-0.4, -0.2) is 34.3 Å². The number of furan rings is 1. The van der Waals surface area contributed by atoms with Gasteiger partial charge in [0, 0.05) is 24.5 Å². The minimum absolute atomic E-state index is 0.355. The van der Waals surface area contributed by atoms with Crippen LogP contribution in [0.5, 0.6) is 0 Å². The SMILES string of the molecule is COCCc1nc2scc(-c3ccco3)c2c(=O)n1CC(=O)O. The number of carboxylic acids is 1. The summed E-state index contributed by atoms with van der Waals surface area (Å²) in [4.78, 5) is 28.9. The molecular weight excluding hydrogens is 320 g/mol. The minimum atomic E-state index is -1.10. The third kappa shape index (κ3) is 2.90. The van der Waals surface area contributed by atoms with E-state index in [2.05, 4.69) is 4.98 Å². The number of fused-ring (bicyclic) bond motifs is 1. The summed E-state index contributed by atoms with van der Waals surface area (Å²) in [5, 5.41) is 11.3. The Kier molecular flexibility index (Phi) is 4.26. The maximum absolute atomic E-state index is 12.8. The van der Waals surface area contributed by atoms with E-state index in [-0.39, 0.29) is 5.56 Å². The number of nitrogens with zero attached hydrogens (tertiary/aromatic N) is 2. The second-order valence-electron chi connectivity index (χ2n) is 4.86. The second-order valence-corrected chi connectivity index (χ2v) is 5.72. The summed E-state index contributed by atoms with van der Waals surface area (Å²) in [6.07, 6.45) is 1.89. The normalized spacial score (nSPS) is 11.2. The van der Waals surface area contributed by atoms with Gasteiger partial charge in [0.1, 0.15) is 23.0 Å². The van der Waals surface area contributed by atoms with E-state index in [1.807, 2.05) is 0 Å². The molecule has 0 aliphatic rings. The Morgan fingerprint density at radius 3 is 3.00 bits per heavy atom. The third-order valence-electron chi connectivity index (χ3n) is 3.38. The highest BCUT2D eigenvalue weighted by Gasteiger charge is 2.19. The maximum Gasteiger partial charge on any atom is 0.323 e. The van der Waals surface area contributed by atoms with Crippen molar-refractivity contribution in [2.45, 2.75) is 13.0 Å². The van der Waals surface area contributed by atoms with E-state index in [4.69, 9.17) is 14.3 Å². The predicted octanol–water partition coefficient (Wildman–Crippen LogP) is 1.99. The zero-order valence-electron chi connectivity index (χ0n) is 12.3. The quantitative estimate of drug-likeness (QED) is 0.741. The summed E-state index contributed by atoms with van der Waals surface area (Å²) in [5.41, 5.74) is 0.251. The number of ether oxygens (including phenoxy) is 1. The molecule has 0 saturated heterocycles. The molecule has 120 valence electrons. The van der Waals surface area contributed by atoms with Crippen molar-refractivity contribution in [3.8, 4) is 11.3 Å². The number of aliphatic carboxylic acids is 1. The summed E-state index contributed by atoms with van der Waals surface area (Å²) >= 11 is 1.33. The second kappa shape index (κ2) is 6.35. The Balaban J connectivity index is 2.22. The van der Waals surface area contributed by atoms with Gasteiger partial charge in [-0.2, -0.15) is 0 Å². The smallest absolute Gasteiger partial charge is 0.323 e. The molecule has 0 spiro atoms. The van der Waals surface area contributed by atoms with Gasteiger partial charge in [0.15, 0.2) is 0 Å².